The van der Waals surface area contributed by atoms with Crippen LogP contribution < -0.4 is 5.32 Å². The standard InChI is InChI=1S/C20H25N5O2/c1-4-19(26)24-11-9-17(10-12-24)25-13-18(22-23-25)20(27)21-16-7-5-15(6-8-16)14(2)3/h4-8,13-14,17H,1,9-12H2,2-3H3,(H,21,27). The van der Waals surface area contributed by atoms with Crippen molar-refractivity contribution in [2.45, 2.75) is 38.6 Å². The molecule has 0 saturated carbocycles. The number of likely N-dealkylation sites (tertiary alicyclic amines) is 1. The number of amides is 2. The fourth-order valence-electron chi connectivity index (χ4n) is 3.19. The van der Waals surface area contributed by atoms with E-state index < -0.39 is 0 Å². The predicted octanol–water partition coefficient (Wildman–Crippen LogP) is 3.00. The number of anilines is 1. The van der Waals surface area contributed by atoms with Gasteiger partial charge in [-0.2, -0.15) is 0 Å². The van der Waals surface area contributed by atoms with Crippen molar-refractivity contribution in [2.24, 2.45) is 0 Å². The summed E-state index contributed by atoms with van der Waals surface area (Å²) in [5.74, 6) is 0.122. The van der Waals surface area contributed by atoms with E-state index in [4.69, 9.17) is 0 Å². The highest BCUT2D eigenvalue weighted by molar-refractivity contribution is 6.02. The van der Waals surface area contributed by atoms with Gasteiger partial charge in [-0.3, -0.25) is 9.59 Å². The summed E-state index contributed by atoms with van der Waals surface area (Å²) >= 11 is 0. The maximum Gasteiger partial charge on any atom is 0.277 e. The van der Waals surface area contributed by atoms with E-state index in [-0.39, 0.29) is 23.6 Å². The number of carbonyl (C=O) groups excluding carboxylic acids is 2. The van der Waals surface area contributed by atoms with E-state index in [1.807, 2.05) is 24.3 Å². The topological polar surface area (TPSA) is 80.1 Å². The zero-order valence-electron chi connectivity index (χ0n) is 15.8. The molecule has 142 valence electrons. The van der Waals surface area contributed by atoms with Gasteiger partial charge in [0, 0.05) is 18.8 Å². The Labute approximate surface area is 159 Å². The molecule has 1 aromatic heterocycles. The number of nitrogens with zero attached hydrogens (tertiary/aromatic N) is 4. The van der Waals surface area contributed by atoms with Gasteiger partial charge in [0.05, 0.1) is 12.2 Å². The van der Waals surface area contributed by atoms with Gasteiger partial charge in [0.15, 0.2) is 5.69 Å². The van der Waals surface area contributed by atoms with Crippen LogP contribution in [0, 0.1) is 0 Å². The fourth-order valence-corrected chi connectivity index (χ4v) is 3.19. The molecule has 0 unspecified atom stereocenters. The maximum absolute atomic E-state index is 12.4. The Morgan fingerprint density at radius 3 is 2.48 bits per heavy atom. The monoisotopic (exact) mass is 367 g/mol. The van der Waals surface area contributed by atoms with Gasteiger partial charge >= 0.3 is 0 Å². The van der Waals surface area contributed by atoms with Crippen molar-refractivity contribution in [3.05, 3.63) is 54.4 Å². The highest BCUT2D eigenvalue weighted by atomic mass is 16.2. The third-order valence-electron chi connectivity index (χ3n) is 4.90. The number of hydrogen-bond donors (Lipinski definition) is 1. The lowest BCUT2D eigenvalue weighted by Crippen LogP contribution is -2.38. The van der Waals surface area contributed by atoms with Crippen molar-refractivity contribution in [1.29, 1.82) is 0 Å². The van der Waals surface area contributed by atoms with Crippen LogP contribution in [0.5, 0.6) is 0 Å². The molecule has 0 spiro atoms. The summed E-state index contributed by atoms with van der Waals surface area (Å²) in [6.45, 7) is 9.08. The molecule has 7 nitrogen and oxygen atoms in total. The summed E-state index contributed by atoms with van der Waals surface area (Å²) in [4.78, 5) is 25.8. The molecule has 2 amide bonds. The third kappa shape index (κ3) is 4.42. The van der Waals surface area contributed by atoms with E-state index >= 15 is 0 Å². The molecule has 1 saturated heterocycles. The smallest absolute Gasteiger partial charge is 0.277 e. The Balaban J connectivity index is 1.59. The van der Waals surface area contributed by atoms with E-state index in [0.717, 1.165) is 18.5 Å². The summed E-state index contributed by atoms with van der Waals surface area (Å²) in [7, 11) is 0. The van der Waals surface area contributed by atoms with Crippen molar-refractivity contribution in [1.82, 2.24) is 19.9 Å². The molecule has 2 heterocycles. The number of aromatic nitrogens is 3. The second-order valence-corrected chi connectivity index (χ2v) is 7.08. The minimum atomic E-state index is -0.280. The van der Waals surface area contributed by atoms with Crippen LogP contribution in [0.3, 0.4) is 0 Å². The summed E-state index contributed by atoms with van der Waals surface area (Å²) in [6, 6.07) is 7.94. The molecule has 1 fully saturated rings. The first-order valence-corrected chi connectivity index (χ1v) is 9.22. The highest BCUT2D eigenvalue weighted by Gasteiger charge is 2.24. The van der Waals surface area contributed by atoms with Gasteiger partial charge in [0.25, 0.3) is 5.91 Å². The van der Waals surface area contributed by atoms with E-state index in [1.165, 1.54) is 11.6 Å². The minimum Gasteiger partial charge on any atom is -0.339 e. The first kappa shape index (κ1) is 18.8. The Bertz CT molecular complexity index is 817. The predicted molar refractivity (Wildman–Crippen MR) is 104 cm³/mol. The molecule has 27 heavy (non-hydrogen) atoms. The van der Waals surface area contributed by atoms with Crippen LogP contribution >= 0.6 is 0 Å². The molecule has 1 aliphatic heterocycles. The van der Waals surface area contributed by atoms with E-state index in [0.29, 0.717) is 19.0 Å². The number of piperidine rings is 1. The number of rotatable bonds is 5. The molecule has 1 aliphatic rings. The minimum absolute atomic E-state index is 0.0457. The lowest BCUT2D eigenvalue weighted by atomic mass is 10.0. The van der Waals surface area contributed by atoms with Gasteiger partial charge in [-0.25, -0.2) is 4.68 Å². The van der Waals surface area contributed by atoms with E-state index in [9.17, 15) is 9.59 Å². The Hall–Kier alpha value is -2.96. The molecular formula is C20H25N5O2. The number of nitrogens with one attached hydrogen (secondary N) is 1. The number of hydrogen-bond acceptors (Lipinski definition) is 4. The SMILES string of the molecule is C=CC(=O)N1CCC(n2cc(C(=O)Nc3ccc(C(C)C)cc3)nn2)CC1. The van der Waals surface area contributed by atoms with Gasteiger partial charge in [-0.1, -0.05) is 37.8 Å². The Morgan fingerprint density at radius 2 is 1.89 bits per heavy atom. The van der Waals surface area contributed by atoms with Gasteiger partial charge in [0.1, 0.15) is 0 Å². The van der Waals surface area contributed by atoms with Crippen LogP contribution in [0.25, 0.3) is 0 Å². The molecule has 0 atom stereocenters. The maximum atomic E-state index is 12.4. The summed E-state index contributed by atoms with van der Waals surface area (Å²) in [5.41, 5.74) is 2.24. The van der Waals surface area contributed by atoms with Crippen LogP contribution in [-0.2, 0) is 4.79 Å². The van der Waals surface area contributed by atoms with Crippen LogP contribution in [0.1, 0.15) is 54.7 Å². The second kappa shape index (κ2) is 8.16. The third-order valence-corrected chi connectivity index (χ3v) is 4.90. The molecular weight excluding hydrogens is 342 g/mol. The zero-order valence-corrected chi connectivity index (χ0v) is 15.8. The molecule has 0 aliphatic carbocycles. The number of benzene rings is 1. The van der Waals surface area contributed by atoms with E-state index in [1.54, 1.807) is 15.8 Å². The summed E-state index contributed by atoms with van der Waals surface area (Å²) < 4.78 is 1.73. The molecule has 0 radical (unpaired) electrons. The van der Waals surface area contributed by atoms with Crippen molar-refractivity contribution < 1.29 is 9.59 Å². The summed E-state index contributed by atoms with van der Waals surface area (Å²) in [6.07, 6.45) is 4.57. The van der Waals surface area contributed by atoms with Crippen molar-refractivity contribution in [3.63, 3.8) is 0 Å². The largest absolute Gasteiger partial charge is 0.339 e. The Kier molecular flexibility index (Phi) is 5.69. The average molecular weight is 367 g/mol. The van der Waals surface area contributed by atoms with Crippen molar-refractivity contribution in [3.8, 4) is 0 Å². The van der Waals surface area contributed by atoms with Crippen molar-refractivity contribution >= 4 is 17.5 Å². The van der Waals surface area contributed by atoms with E-state index in [2.05, 4.69) is 36.1 Å². The van der Waals surface area contributed by atoms with Gasteiger partial charge < -0.3 is 10.2 Å². The average Bonchev–Trinajstić information content (AvgIpc) is 3.18. The van der Waals surface area contributed by atoms with Crippen LogP contribution in [0.15, 0.2) is 43.1 Å². The molecule has 0 bridgehead atoms. The second-order valence-electron chi connectivity index (χ2n) is 7.08. The van der Waals surface area contributed by atoms with Crippen LogP contribution in [0.2, 0.25) is 0 Å². The van der Waals surface area contributed by atoms with Gasteiger partial charge in [-0.05, 0) is 42.5 Å². The lowest BCUT2D eigenvalue weighted by Gasteiger charge is -2.31. The zero-order chi connectivity index (χ0) is 19.4. The highest BCUT2D eigenvalue weighted by Crippen LogP contribution is 2.22. The van der Waals surface area contributed by atoms with Crippen LogP contribution in [-0.4, -0.2) is 44.8 Å². The quantitative estimate of drug-likeness (QED) is 0.824. The molecule has 3 rings (SSSR count). The van der Waals surface area contributed by atoms with Crippen molar-refractivity contribution in [2.75, 3.05) is 18.4 Å². The van der Waals surface area contributed by atoms with Crippen LogP contribution in [0.4, 0.5) is 5.69 Å². The van der Waals surface area contributed by atoms with Gasteiger partial charge in [-0.15, -0.1) is 5.10 Å². The molecule has 1 N–H and O–H groups in total. The summed E-state index contributed by atoms with van der Waals surface area (Å²) in [5, 5.41) is 11.0. The fraction of sp³-hybridized carbons (Fsp3) is 0.400. The molecule has 2 aromatic rings. The normalized spacial score (nSPS) is 15.0. The first-order chi connectivity index (χ1) is 13.0. The number of carbonyl (C=O) groups is 2. The first-order valence-electron chi connectivity index (χ1n) is 9.22. The molecule has 7 heteroatoms. The molecule has 1 aromatic carbocycles. The van der Waals surface area contributed by atoms with Gasteiger partial charge in [0.2, 0.25) is 5.91 Å². The Morgan fingerprint density at radius 1 is 1.22 bits per heavy atom. The lowest BCUT2D eigenvalue weighted by molar-refractivity contribution is -0.127.